The van der Waals surface area contributed by atoms with E-state index in [1.54, 1.807) is 0 Å². The van der Waals surface area contributed by atoms with Crippen molar-refractivity contribution in [2.75, 3.05) is 0 Å². The summed E-state index contributed by atoms with van der Waals surface area (Å²) in [6.45, 7) is 8.64. The van der Waals surface area contributed by atoms with Crippen molar-refractivity contribution >= 4 is 17.2 Å². The van der Waals surface area contributed by atoms with Gasteiger partial charge >= 0.3 is 0 Å². The van der Waals surface area contributed by atoms with Crippen molar-refractivity contribution in [2.24, 2.45) is 22.7 Å². The number of aromatic amines is 1. The standard InChI is InChI=1S/C28H37NO3/c1-25(2,31)22-12-14-28(16-30)21-10-9-17-15-19-18-7-5-6-8-20(18)29-24(19)27(17,4)26(21,3)13-11-23(28)32-22/h5-8,16-17,21-23,29,31H,9-15H2,1-4H3/t17-,21?,22?,23?,26-,27+,28+/m0/s1. The molecule has 0 amide bonds. The molecule has 1 saturated heterocycles. The predicted molar refractivity (Wildman–Crippen MR) is 126 cm³/mol. The van der Waals surface area contributed by atoms with E-state index in [-0.39, 0.29) is 23.0 Å². The molecule has 2 heterocycles. The van der Waals surface area contributed by atoms with Crippen LogP contribution in [0.15, 0.2) is 24.3 Å². The van der Waals surface area contributed by atoms with Crippen molar-refractivity contribution in [1.29, 1.82) is 0 Å². The number of aldehydes is 1. The highest BCUT2D eigenvalue weighted by Crippen LogP contribution is 2.70. The van der Waals surface area contributed by atoms with E-state index in [0.29, 0.717) is 11.8 Å². The summed E-state index contributed by atoms with van der Waals surface area (Å²) in [5, 5.41) is 12.0. The second-order valence-corrected chi connectivity index (χ2v) is 12.2. The van der Waals surface area contributed by atoms with Crippen molar-refractivity contribution < 1.29 is 14.6 Å². The summed E-state index contributed by atoms with van der Waals surface area (Å²) in [4.78, 5) is 16.8. The van der Waals surface area contributed by atoms with Crippen LogP contribution in [0.4, 0.5) is 0 Å². The Labute approximate surface area is 191 Å². The van der Waals surface area contributed by atoms with Crippen molar-refractivity contribution in [1.82, 2.24) is 4.98 Å². The number of para-hydroxylation sites is 1. The predicted octanol–water partition coefficient (Wildman–Crippen LogP) is 5.31. The van der Waals surface area contributed by atoms with E-state index >= 15 is 0 Å². The SMILES string of the molecule is CC(C)(O)C1CC[C@]2(C=O)C(CC[C@@]3(C)C2CC[C@H]2Cc4c([nH]c5ccccc45)[C@@]23C)O1. The number of aliphatic hydroxyl groups is 1. The third-order valence-electron chi connectivity index (χ3n) is 10.7. The lowest BCUT2D eigenvalue weighted by Crippen LogP contribution is -2.66. The van der Waals surface area contributed by atoms with Gasteiger partial charge in [-0.25, -0.2) is 0 Å². The molecule has 4 heteroatoms. The first-order valence-corrected chi connectivity index (χ1v) is 12.6. The highest BCUT2D eigenvalue weighted by atomic mass is 16.5. The van der Waals surface area contributed by atoms with Gasteiger partial charge in [-0.05, 0) is 87.7 Å². The van der Waals surface area contributed by atoms with Gasteiger partial charge in [-0.3, -0.25) is 0 Å². The largest absolute Gasteiger partial charge is 0.388 e. The normalized spacial score (nSPS) is 43.3. The molecule has 0 bridgehead atoms. The van der Waals surface area contributed by atoms with Gasteiger partial charge in [0.1, 0.15) is 6.29 Å². The average Bonchev–Trinajstić information content (AvgIpc) is 3.27. The third kappa shape index (κ3) is 2.38. The third-order valence-corrected chi connectivity index (χ3v) is 10.7. The summed E-state index contributed by atoms with van der Waals surface area (Å²) < 4.78 is 6.52. The molecule has 0 radical (unpaired) electrons. The molecule has 7 atom stereocenters. The number of aromatic nitrogens is 1. The van der Waals surface area contributed by atoms with Gasteiger partial charge in [0.15, 0.2) is 0 Å². The van der Waals surface area contributed by atoms with Crippen LogP contribution in [-0.2, 0) is 21.4 Å². The minimum atomic E-state index is -0.871. The van der Waals surface area contributed by atoms with E-state index in [1.807, 2.05) is 13.8 Å². The molecule has 1 aliphatic heterocycles. The van der Waals surface area contributed by atoms with E-state index < -0.39 is 11.0 Å². The Morgan fingerprint density at radius 2 is 1.91 bits per heavy atom. The molecule has 3 unspecified atom stereocenters. The maximum atomic E-state index is 12.9. The highest BCUT2D eigenvalue weighted by Gasteiger charge is 2.69. The first kappa shape index (κ1) is 20.9. The fourth-order valence-electron chi connectivity index (χ4n) is 8.83. The first-order valence-electron chi connectivity index (χ1n) is 12.6. The lowest BCUT2D eigenvalue weighted by Gasteiger charge is -2.66. The van der Waals surface area contributed by atoms with E-state index in [4.69, 9.17) is 4.74 Å². The molecule has 4 aliphatic rings. The molecule has 3 aliphatic carbocycles. The molecule has 2 N–H and O–H groups in total. The van der Waals surface area contributed by atoms with Gasteiger partial charge in [-0.15, -0.1) is 0 Å². The summed E-state index contributed by atoms with van der Waals surface area (Å²) in [5.74, 6) is 0.941. The molecule has 2 aromatic rings. The number of ether oxygens (including phenoxy) is 1. The fraction of sp³-hybridized carbons (Fsp3) is 0.679. The van der Waals surface area contributed by atoms with Crippen molar-refractivity contribution in [3.8, 4) is 0 Å². The first-order chi connectivity index (χ1) is 15.1. The number of carbonyl (C=O) groups is 1. The van der Waals surface area contributed by atoms with Gasteiger partial charge in [-0.1, -0.05) is 32.0 Å². The Bertz CT molecular complexity index is 1080. The van der Waals surface area contributed by atoms with Crippen LogP contribution in [0.3, 0.4) is 0 Å². The number of hydrogen-bond acceptors (Lipinski definition) is 3. The summed E-state index contributed by atoms with van der Waals surface area (Å²) >= 11 is 0. The van der Waals surface area contributed by atoms with Crippen molar-refractivity contribution in [3.63, 3.8) is 0 Å². The number of H-pyrrole nitrogens is 1. The number of carbonyl (C=O) groups excluding carboxylic acids is 1. The lowest BCUT2D eigenvalue weighted by atomic mass is 9.39. The Morgan fingerprint density at radius 1 is 1.12 bits per heavy atom. The summed E-state index contributed by atoms with van der Waals surface area (Å²) in [6, 6.07) is 8.73. The van der Waals surface area contributed by atoms with Gasteiger partial charge in [0, 0.05) is 22.0 Å². The van der Waals surface area contributed by atoms with Crippen LogP contribution in [0.1, 0.15) is 77.5 Å². The van der Waals surface area contributed by atoms with Gasteiger partial charge < -0.3 is 19.6 Å². The van der Waals surface area contributed by atoms with Gasteiger partial charge in [0.05, 0.1) is 23.2 Å². The molecule has 3 fully saturated rings. The zero-order valence-corrected chi connectivity index (χ0v) is 19.9. The van der Waals surface area contributed by atoms with Crippen LogP contribution in [0.2, 0.25) is 0 Å². The van der Waals surface area contributed by atoms with Crippen molar-refractivity contribution in [2.45, 2.75) is 95.9 Å². The number of rotatable bonds is 2. The Balaban J connectivity index is 1.45. The second kappa shape index (κ2) is 6.48. The Morgan fingerprint density at radius 3 is 2.66 bits per heavy atom. The van der Waals surface area contributed by atoms with Gasteiger partial charge in [0.25, 0.3) is 0 Å². The van der Waals surface area contributed by atoms with E-state index in [1.165, 1.54) is 34.9 Å². The molecule has 172 valence electrons. The molecule has 1 aromatic heterocycles. The molecule has 2 saturated carbocycles. The Hall–Kier alpha value is -1.65. The summed E-state index contributed by atoms with van der Waals surface area (Å²) in [6.07, 6.45) is 7.97. The van der Waals surface area contributed by atoms with Crippen LogP contribution in [-0.4, -0.2) is 34.2 Å². The van der Waals surface area contributed by atoms with Crippen LogP contribution in [0.25, 0.3) is 10.9 Å². The smallest absolute Gasteiger partial charge is 0.129 e. The van der Waals surface area contributed by atoms with E-state index in [0.717, 1.165) is 38.5 Å². The van der Waals surface area contributed by atoms with Crippen LogP contribution >= 0.6 is 0 Å². The number of benzene rings is 1. The average molecular weight is 436 g/mol. The molecular weight excluding hydrogens is 398 g/mol. The number of hydrogen-bond donors (Lipinski definition) is 2. The maximum Gasteiger partial charge on any atom is 0.129 e. The fourth-order valence-corrected chi connectivity index (χ4v) is 8.83. The van der Waals surface area contributed by atoms with Gasteiger partial charge in [0.2, 0.25) is 0 Å². The lowest BCUT2D eigenvalue weighted by molar-refractivity contribution is -0.240. The maximum absolute atomic E-state index is 12.9. The molecule has 1 aromatic carbocycles. The van der Waals surface area contributed by atoms with Gasteiger partial charge in [-0.2, -0.15) is 0 Å². The number of nitrogens with one attached hydrogen (secondary N) is 1. The summed E-state index contributed by atoms with van der Waals surface area (Å²) in [5.41, 5.74) is 2.97. The topological polar surface area (TPSA) is 62.3 Å². The number of fused-ring (bicyclic) bond motifs is 9. The van der Waals surface area contributed by atoms with E-state index in [2.05, 4.69) is 43.1 Å². The van der Waals surface area contributed by atoms with Crippen molar-refractivity contribution in [3.05, 3.63) is 35.5 Å². The zero-order valence-electron chi connectivity index (χ0n) is 19.9. The minimum absolute atomic E-state index is 0.0400. The Kier molecular flexibility index (Phi) is 4.23. The van der Waals surface area contributed by atoms with Crippen LogP contribution in [0, 0.1) is 22.7 Å². The summed E-state index contributed by atoms with van der Waals surface area (Å²) in [7, 11) is 0. The second-order valence-electron chi connectivity index (χ2n) is 12.2. The molecule has 0 spiro atoms. The minimum Gasteiger partial charge on any atom is -0.388 e. The molecule has 6 rings (SSSR count). The quantitative estimate of drug-likeness (QED) is 0.628. The molecular formula is C28H37NO3. The van der Waals surface area contributed by atoms with Crippen LogP contribution < -0.4 is 0 Å². The highest BCUT2D eigenvalue weighted by molar-refractivity contribution is 5.86. The van der Waals surface area contributed by atoms with Crippen LogP contribution in [0.5, 0.6) is 0 Å². The molecule has 4 nitrogen and oxygen atoms in total. The monoisotopic (exact) mass is 435 g/mol. The molecule has 32 heavy (non-hydrogen) atoms. The zero-order chi connectivity index (χ0) is 22.5. The van der Waals surface area contributed by atoms with E-state index in [9.17, 15) is 9.90 Å².